The molecule has 0 aromatic heterocycles. The number of amides is 2. The molecule has 2 aromatic rings. The molecule has 0 unspecified atom stereocenters. The standard InChI is InChI=1S/C28H37N3O2/c1-20(2)18-29-28(33)25-17-24(30-27(32)14-11-21-7-3-4-8-21)12-13-26(25)31-16-15-22-9-5-6-10-23(22)19-31/h5-6,9-10,12-13,17,20-21H,3-4,7-8,11,14-16,18-19H2,1-2H3,(H,29,33)(H,30,32). The Morgan fingerprint density at radius 2 is 1.82 bits per heavy atom. The Labute approximate surface area is 197 Å². The van der Waals surface area contributed by atoms with Gasteiger partial charge >= 0.3 is 0 Å². The molecule has 0 spiro atoms. The van der Waals surface area contributed by atoms with Gasteiger partial charge in [0, 0.05) is 37.4 Å². The van der Waals surface area contributed by atoms with Gasteiger partial charge in [0.25, 0.3) is 5.91 Å². The van der Waals surface area contributed by atoms with Crippen molar-refractivity contribution in [2.45, 2.75) is 65.3 Å². The van der Waals surface area contributed by atoms with Crippen LogP contribution in [-0.4, -0.2) is 24.9 Å². The van der Waals surface area contributed by atoms with E-state index in [1.54, 1.807) is 0 Å². The zero-order chi connectivity index (χ0) is 23.2. The minimum absolute atomic E-state index is 0.0371. The molecule has 2 aromatic carbocycles. The predicted molar refractivity (Wildman–Crippen MR) is 135 cm³/mol. The van der Waals surface area contributed by atoms with E-state index < -0.39 is 0 Å². The maximum absolute atomic E-state index is 13.1. The molecule has 0 radical (unpaired) electrons. The van der Waals surface area contributed by atoms with Crippen LogP contribution in [0, 0.1) is 11.8 Å². The number of nitrogens with zero attached hydrogens (tertiary/aromatic N) is 1. The van der Waals surface area contributed by atoms with Gasteiger partial charge in [-0.15, -0.1) is 0 Å². The summed E-state index contributed by atoms with van der Waals surface area (Å²) in [5.41, 5.74) is 4.94. The maximum Gasteiger partial charge on any atom is 0.253 e. The summed E-state index contributed by atoms with van der Waals surface area (Å²) in [7, 11) is 0. The van der Waals surface area contributed by atoms with Crippen molar-refractivity contribution >= 4 is 23.2 Å². The molecule has 33 heavy (non-hydrogen) atoms. The van der Waals surface area contributed by atoms with Crippen molar-refractivity contribution in [3.05, 3.63) is 59.2 Å². The van der Waals surface area contributed by atoms with Crippen molar-refractivity contribution in [2.24, 2.45) is 11.8 Å². The molecule has 1 aliphatic carbocycles. The lowest BCUT2D eigenvalue weighted by Crippen LogP contribution is -2.34. The van der Waals surface area contributed by atoms with E-state index in [1.807, 2.05) is 18.2 Å². The van der Waals surface area contributed by atoms with Crippen LogP contribution in [0.3, 0.4) is 0 Å². The van der Waals surface area contributed by atoms with Crippen LogP contribution in [0.4, 0.5) is 11.4 Å². The first-order chi connectivity index (χ1) is 16.0. The van der Waals surface area contributed by atoms with Gasteiger partial charge in [0.1, 0.15) is 0 Å². The number of hydrogen-bond acceptors (Lipinski definition) is 3. The van der Waals surface area contributed by atoms with Crippen LogP contribution < -0.4 is 15.5 Å². The molecule has 176 valence electrons. The number of rotatable bonds is 8. The van der Waals surface area contributed by atoms with Crippen LogP contribution in [-0.2, 0) is 17.8 Å². The van der Waals surface area contributed by atoms with Crippen LogP contribution in [0.2, 0.25) is 0 Å². The molecule has 5 nitrogen and oxygen atoms in total. The van der Waals surface area contributed by atoms with Crippen LogP contribution >= 0.6 is 0 Å². The summed E-state index contributed by atoms with van der Waals surface area (Å²) in [6, 6.07) is 14.3. The summed E-state index contributed by atoms with van der Waals surface area (Å²) in [6.45, 7) is 6.45. The van der Waals surface area contributed by atoms with Gasteiger partial charge in [-0.2, -0.15) is 0 Å². The van der Waals surface area contributed by atoms with E-state index in [0.29, 0.717) is 36.1 Å². The Hall–Kier alpha value is -2.82. The van der Waals surface area contributed by atoms with Crippen molar-refractivity contribution in [3.63, 3.8) is 0 Å². The van der Waals surface area contributed by atoms with E-state index in [2.05, 4.69) is 53.6 Å². The highest BCUT2D eigenvalue weighted by Gasteiger charge is 2.22. The summed E-state index contributed by atoms with van der Waals surface area (Å²) < 4.78 is 0. The minimum atomic E-state index is -0.0837. The number of nitrogens with one attached hydrogen (secondary N) is 2. The van der Waals surface area contributed by atoms with Crippen molar-refractivity contribution in [1.82, 2.24) is 5.32 Å². The van der Waals surface area contributed by atoms with Gasteiger partial charge in [-0.25, -0.2) is 0 Å². The molecular weight excluding hydrogens is 410 g/mol. The second-order valence-corrected chi connectivity index (χ2v) is 10.0. The molecule has 0 bridgehead atoms. The third-order valence-corrected chi connectivity index (χ3v) is 6.92. The van der Waals surface area contributed by atoms with Crippen molar-refractivity contribution in [2.75, 3.05) is 23.3 Å². The average molecular weight is 448 g/mol. The molecule has 0 atom stereocenters. The number of carbonyl (C=O) groups excluding carboxylic acids is 2. The van der Waals surface area contributed by atoms with Crippen molar-refractivity contribution in [3.8, 4) is 0 Å². The fourth-order valence-corrected chi connectivity index (χ4v) is 5.02. The van der Waals surface area contributed by atoms with Crippen LogP contribution in [0.25, 0.3) is 0 Å². The highest BCUT2D eigenvalue weighted by atomic mass is 16.2. The Kier molecular flexibility index (Phi) is 7.69. The molecule has 2 amide bonds. The Balaban J connectivity index is 1.50. The smallest absolute Gasteiger partial charge is 0.253 e. The fourth-order valence-electron chi connectivity index (χ4n) is 5.02. The second-order valence-electron chi connectivity index (χ2n) is 10.0. The maximum atomic E-state index is 13.1. The number of fused-ring (bicyclic) bond motifs is 1. The van der Waals surface area contributed by atoms with Crippen LogP contribution in [0.1, 0.15) is 73.9 Å². The monoisotopic (exact) mass is 447 g/mol. The molecule has 5 heteroatoms. The average Bonchev–Trinajstić information content (AvgIpc) is 3.34. The van der Waals surface area contributed by atoms with E-state index in [1.165, 1.54) is 36.8 Å². The number of anilines is 2. The summed E-state index contributed by atoms with van der Waals surface area (Å²) in [5, 5.41) is 6.10. The minimum Gasteiger partial charge on any atom is -0.366 e. The lowest BCUT2D eigenvalue weighted by Gasteiger charge is -2.32. The first-order valence-corrected chi connectivity index (χ1v) is 12.5. The lowest BCUT2D eigenvalue weighted by molar-refractivity contribution is -0.116. The van der Waals surface area contributed by atoms with Gasteiger partial charge < -0.3 is 15.5 Å². The first-order valence-electron chi connectivity index (χ1n) is 12.5. The third kappa shape index (κ3) is 6.16. The Morgan fingerprint density at radius 1 is 1.06 bits per heavy atom. The van der Waals surface area contributed by atoms with Crippen molar-refractivity contribution < 1.29 is 9.59 Å². The lowest BCUT2D eigenvalue weighted by atomic mass is 9.98. The van der Waals surface area contributed by atoms with E-state index in [-0.39, 0.29) is 11.8 Å². The van der Waals surface area contributed by atoms with E-state index in [0.717, 1.165) is 31.6 Å². The van der Waals surface area contributed by atoms with E-state index >= 15 is 0 Å². The summed E-state index contributed by atoms with van der Waals surface area (Å²) in [4.78, 5) is 28.0. The van der Waals surface area contributed by atoms with E-state index in [4.69, 9.17) is 0 Å². The zero-order valence-corrected chi connectivity index (χ0v) is 20.0. The molecule has 4 rings (SSSR count). The molecule has 0 saturated heterocycles. The van der Waals surface area contributed by atoms with E-state index in [9.17, 15) is 9.59 Å². The molecule has 1 aliphatic heterocycles. The third-order valence-electron chi connectivity index (χ3n) is 6.92. The largest absolute Gasteiger partial charge is 0.366 e. The topological polar surface area (TPSA) is 61.4 Å². The van der Waals surface area contributed by atoms with Crippen LogP contribution in [0.15, 0.2) is 42.5 Å². The number of benzene rings is 2. The quantitative estimate of drug-likeness (QED) is 0.558. The summed E-state index contributed by atoms with van der Waals surface area (Å²) >= 11 is 0. The normalized spacial score (nSPS) is 16.0. The molecule has 2 aliphatic rings. The van der Waals surface area contributed by atoms with Crippen LogP contribution in [0.5, 0.6) is 0 Å². The predicted octanol–water partition coefficient (Wildman–Crippen LogP) is 5.54. The highest BCUT2D eigenvalue weighted by Crippen LogP contribution is 2.31. The molecule has 2 N–H and O–H groups in total. The second kappa shape index (κ2) is 10.9. The Bertz CT molecular complexity index is 979. The van der Waals surface area contributed by atoms with Gasteiger partial charge in [-0.1, -0.05) is 63.8 Å². The first kappa shape index (κ1) is 23.3. The molecule has 1 fully saturated rings. The van der Waals surface area contributed by atoms with Gasteiger partial charge in [0.05, 0.1) is 5.56 Å². The SMILES string of the molecule is CC(C)CNC(=O)c1cc(NC(=O)CCC2CCCC2)ccc1N1CCc2ccccc2C1. The molecule has 1 saturated carbocycles. The molecular formula is C28H37N3O2. The fraction of sp³-hybridized carbons (Fsp3) is 0.500. The Morgan fingerprint density at radius 3 is 2.58 bits per heavy atom. The highest BCUT2D eigenvalue weighted by molar-refractivity contribution is 6.02. The zero-order valence-electron chi connectivity index (χ0n) is 20.0. The van der Waals surface area contributed by atoms with Crippen molar-refractivity contribution in [1.29, 1.82) is 0 Å². The molecule has 1 heterocycles. The van der Waals surface area contributed by atoms with Gasteiger partial charge in [-0.3, -0.25) is 9.59 Å². The number of carbonyl (C=O) groups is 2. The van der Waals surface area contributed by atoms with Gasteiger partial charge in [0.15, 0.2) is 0 Å². The number of hydrogen-bond donors (Lipinski definition) is 2. The summed E-state index contributed by atoms with van der Waals surface area (Å²) in [6.07, 6.45) is 7.56. The van der Waals surface area contributed by atoms with Gasteiger partial charge in [0.2, 0.25) is 5.91 Å². The van der Waals surface area contributed by atoms with Gasteiger partial charge in [-0.05, 0) is 54.0 Å². The summed E-state index contributed by atoms with van der Waals surface area (Å²) in [5.74, 6) is 1.02.